The minimum Gasteiger partial charge on any atom is -0.437 e. The topological polar surface area (TPSA) is 96.4 Å². The highest BCUT2D eigenvalue weighted by molar-refractivity contribution is 5.94. The summed E-state index contributed by atoms with van der Waals surface area (Å²) in [5.41, 5.74) is 0.492. The third kappa shape index (κ3) is 4.02. The van der Waals surface area contributed by atoms with E-state index in [1.54, 1.807) is 30.5 Å². The molecule has 1 aliphatic heterocycles. The molecule has 1 aromatic heterocycles. The number of nitrogens with zero attached hydrogens (tertiary/aromatic N) is 2. The molecule has 23 heavy (non-hydrogen) atoms. The smallest absolute Gasteiger partial charge is 0.251 e. The fourth-order valence-corrected chi connectivity index (χ4v) is 2.41. The third-order valence-electron chi connectivity index (χ3n) is 3.69. The summed E-state index contributed by atoms with van der Waals surface area (Å²) >= 11 is 0. The maximum absolute atomic E-state index is 12.2. The second-order valence-corrected chi connectivity index (χ2v) is 5.37. The van der Waals surface area contributed by atoms with Crippen LogP contribution in [0.2, 0.25) is 0 Å². The van der Waals surface area contributed by atoms with Gasteiger partial charge < -0.3 is 20.5 Å². The number of benzene rings is 1. The van der Waals surface area contributed by atoms with Gasteiger partial charge in [-0.15, -0.1) is 0 Å². The lowest BCUT2D eigenvalue weighted by molar-refractivity contribution is 0.0926. The van der Waals surface area contributed by atoms with Gasteiger partial charge in [0, 0.05) is 43.5 Å². The van der Waals surface area contributed by atoms with E-state index in [1.165, 1.54) is 12.4 Å². The average molecular weight is 314 g/mol. The van der Waals surface area contributed by atoms with Crippen LogP contribution in [0.1, 0.15) is 10.4 Å². The van der Waals surface area contributed by atoms with Crippen molar-refractivity contribution in [3.05, 3.63) is 48.4 Å². The van der Waals surface area contributed by atoms with Crippen LogP contribution in [0.3, 0.4) is 0 Å². The molecule has 1 saturated heterocycles. The first kappa shape index (κ1) is 15.4. The maximum atomic E-state index is 12.2. The molecule has 7 heteroatoms. The van der Waals surface area contributed by atoms with Crippen LogP contribution in [0.5, 0.6) is 11.6 Å². The normalized spacial score (nSPS) is 20.2. The SMILES string of the molecule is O=C(NCC1CNCC1O)c1cccc(Oc2cnccn2)c1. The van der Waals surface area contributed by atoms with Crippen LogP contribution in [-0.2, 0) is 0 Å². The summed E-state index contributed by atoms with van der Waals surface area (Å²) in [6.45, 7) is 1.71. The molecule has 0 aliphatic carbocycles. The van der Waals surface area contributed by atoms with Crippen molar-refractivity contribution in [2.75, 3.05) is 19.6 Å². The van der Waals surface area contributed by atoms with Gasteiger partial charge in [-0.25, -0.2) is 4.98 Å². The van der Waals surface area contributed by atoms with Gasteiger partial charge in [0.05, 0.1) is 12.3 Å². The number of β-amino-alcohol motifs (C(OH)–C–C–N with tert-alkyl or cyclic N) is 1. The predicted molar refractivity (Wildman–Crippen MR) is 83.2 cm³/mol. The van der Waals surface area contributed by atoms with Gasteiger partial charge in [-0.2, -0.15) is 0 Å². The number of aliphatic hydroxyl groups excluding tert-OH is 1. The van der Waals surface area contributed by atoms with Crippen LogP contribution in [0, 0.1) is 5.92 Å². The van der Waals surface area contributed by atoms with Gasteiger partial charge in [0.2, 0.25) is 5.88 Å². The molecule has 3 rings (SSSR count). The molecule has 2 heterocycles. The van der Waals surface area contributed by atoms with E-state index in [2.05, 4.69) is 20.6 Å². The molecule has 2 unspecified atom stereocenters. The number of hydrogen-bond donors (Lipinski definition) is 3. The third-order valence-corrected chi connectivity index (χ3v) is 3.69. The van der Waals surface area contributed by atoms with E-state index in [9.17, 15) is 9.90 Å². The quantitative estimate of drug-likeness (QED) is 0.747. The van der Waals surface area contributed by atoms with Crippen LogP contribution >= 0.6 is 0 Å². The summed E-state index contributed by atoms with van der Waals surface area (Å²) in [7, 11) is 0. The Morgan fingerprint density at radius 1 is 1.39 bits per heavy atom. The molecule has 1 fully saturated rings. The number of rotatable bonds is 5. The second-order valence-electron chi connectivity index (χ2n) is 5.37. The second kappa shape index (κ2) is 7.17. The van der Waals surface area contributed by atoms with E-state index in [1.807, 2.05) is 0 Å². The molecular formula is C16H18N4O3. The molecule has 1 amide bonds. The number of carbonyl (C=O) groups excluding carboxylic acids is 1. The van der Waals surface area contributed by atoms with E-state index in [0.29, 0.717) is 36.8 Å². The predicted octanol–water partition coefficient (Wildman–Crippen LogP) is 0.579. The number of nitrogens with one attached hydrogen (secondary N) is 2. The molecule has 1 aliphatic rings. The van der Waals surface area contributed by atoms with Crippen molar-refractivity contribution < 1.29 is 14.6 Å². The minimum absolute atomic E-state index is 0.0398. The van der Waals surface area contributed by atoms with E-state index >= 15 is 0 Å². The van der Waals surface area contributed by atoms with Crippen molar-refractivity contribution in [2.45, 2.75) is 6.10 Å². The molecular weight excluding hydrogens is 296 g/mol. The zero-order valence-corrected chi connectivity index (χ0v) is 12.5. The Balaban J connectivity index is 1.61. The first-order valence-electron chi connectivity index (χ1n) is 7.43. The van der Waals surface area contributed by atoms with E-state index in [-0.39, 0.29) is 11.8 Å². The largest absolute Gasteiger partial charge is 0.437 e. The number of amides is 1. The van der Waals surface area contributed by atoms with Crippen molar-refractivity contribution in [1.82, 2.24) is 20.6 Å². The van der Waals surface area contributed by atoms with Crippen LogP contribution in [0.15, 0.2) is 42.9 Å². The first-order chi connectivity index (χ1) is 11.2. The molecule has 0 saturated carbocycles. The zero-order chi connectivity index (χ0) is 16.1. The van der Waals surface area contributed by atoms with Gasteiger partial charge in [-0.1, -0.05) is 6.07 Å². The Kier molecular flexibility index (Phi) is 4.80. The Bertz CT molecular complexity index is 665. The highest BCUT2D eigenvalue weighted by atomic mass is 16.5. The molecule has 3 N–H and O–H groups in total. The molecule has 7 nitrogen and oxygen atoms in total. The number of aliphatic hydroxyl groups is 1. The van der Waals surface area contributed by atoms with Gasteiger partial charge in [-0.3, -0.25) is 9.78 Å². The van der Waals surface area contributed by atoms with Crippen molar-refractivity contribution in [3.8, 4) is 11.6 Å². The Morgan fingerprint density at radius 2 is 2.30 bits per heavy atom. The summed E-state index contributed by atoms with van der Waals surface area (Å²) in [6.07, 6.45) is 4.18. The maximum Gasteiger partial charge on any atom is 0.251 e. The van der Waals surface area contributed by atoms with Crippen molar-refractivity contribution in [1.29, 1.82) is 0 Å². The number of ether oxygens (including phenoxy) is 1. The molecule has 2 atom stereocenters. The number of hydrogen-bond acceptors (Lipinski definition) is 6. The Hall–Kier alpha value is -2.51. The summed E-state index contributed by atoms with van der Waals surface area (Å²) in [4.78, 5) is 20.2. The van der Waals surface area contributed by atoms with Gasteiger partial charge >= 0.3 is 0 Å². The van der Waals surface area contributed by atoms with E-state index < -0.39 is 6.10 Å². The summed E-state index contributed by atoms with van der Waals surface area (Å²) < 4.78 is 5.56. The van der Waals surface area contributed by atoms with Gasteiger partial charge in [0.15, 0.2) is 0 Å². The van der Waals surface area contributed by atoms with Gasteiger partial charge in [0.1, 0.15) is 5.75 Å². The molecule has 0 spiro atoms. The van der Waals surface area contributed by atoms with E-state index in [4.69, 9.17) is 4.74 Å². The molecule has 120 valence electrons. The Labute approximate surface area is 133 Å². The summed E-state index contributed by atoms with van der Waals surface area (Å²) in [6, 6.07) is 6.85. The monoisotopic (exact) mass is 314 g/mol. The van der Waals surface area contributed by atoms with Crippen molar-refractivity contribution in [3.63, 3.8) is 0 Å². The Morgan fingerprint density at radius 3 is 3.04 bits per heavy atom. The van der Waals surface area contributed by atoms with Gasteiger partial charge in [0.25, 0.3) is 5.91 Å². The molecule has 1 aromatic carbocycles. The lowest BCUT2D eigenvalue weighted by Gasteiger charge is -2.14. The highest BCUT2D eigenvalue weighted by Crippen LogP contribution is 2.19. The zero-order valence-electron chi connectivity index (χ0n) is 12.5. The first-order valence-corrected chi connectivity index (χ1v) is 7.43. The molecule has 0 radical (unpaired) electrons. The average Bonchev–Trinajstić information content (AvgIpc) is 2.99. The van der Waals surface area contributed by atoms with Crippen molar-refractivity contribution in [2.24, 2.45) is 5.92 Å². The summed E-state index contributed by atoms with van der Waals surface area (Å²) in [5, 5.41) is 15.7. The van der Waals surface area contributed by atoms with Crippen molar-refractivity contribution >= 4 is 5.91 Å². The summed E-state index contributed by atoms with van der Waals surface area (Å²) in [5.74, 6) is 0.720. The standard InChI is InChI=1S/C16H18N4O3/c21-14-9-18-7-12(14)8-20-16(22)11-2-1-3-13(6-11)23-15-10-17-4-5-19-15/h1-6,10,12,14,18,21H,7-9H2,(H,20,22). The van der Waals surface area contributed by atoms with Crippen LogP contribution in [0.4, 0.5) is 0 Å². The number of carbonyl (C=O) groups is 1. The lowest BCUT2D eigenvalue weighted by Crippen LogP contribution is -2.34. The van der Waals surface area contributed by atoms with Crippen LogP contribution in [0.25, 0.3) is 0 Å². The molecule has 2 aromatic rings. The van der Waals surface area contributed by atoms with Crippen LogP contribution in [-0.4, -0.2) is 46.7 Å². The molecule has 0 bridgehead atoms. The van der Waals surface area contributed by atoms with Gasteiger partial charge in [-0.05, 0) is 18.2 Å². The minimum atomic E-state index is -0.415. The highest BCUT2D eigenvalue weighted by Gasteiger charge is 2.25. The van der Waals surface area contributed by atoms with E-state index in [0.717, 1.165) is 0 Å². The fourth-order valence-electron chi connectivity index (χ4n) is 2.41. The number of aromatic nitrogens is 2. The lowest BCUT2D eigenvalue weighted by atomic mass is 10.1. The van der Waals surface area contributed by atoms with Crippen LogP contribution < -0.4 is 15.4 Å². The fraction of sp³-hybridized carbons (Fsp3) is 0.312.